The monoisotopic (exact) mass is 606 g/mol. The van der Waals surface area contributed by atoms with Crippen molar-refractivity contribution in [2.45, 2.75) is 38.5 Å². The largest absolute Gasteiger partial charge is 0.494 e. The molecule has 0 saturated carbocycles. The van der Waals surface area contributed by atoms with Gasteiger partial charge < -0.3 is 29.5 Å². The topological polar surface area (TPSA) is 97.3 Å². The smallest absolute Gasteiger partial charge is 0.418 e. The molecule has 12 heteroatoms. The Balaban J connectivity index is 1.58. The van der Waals surface area contributed by atoms with E-state index in [0.29, 0.717) is 30.9 Å². The van der Waals surface area contributed by atoms with E-state index < -0.39 is 29.8 Å². The molecule has 3 aromatic rings. The molecule has 232 valence electrons. The first-order valence-electron chi connectivity index (χ1n) is 13.7. The van der Waals surface area contributed by atoms with E-state index in [1.807, 2.05) is 0 Å². The molecule has 2 amide bonds. The number of halogens is 4. The van der Waals surface area contributed by atoms with Crippen molar-refractivity contribution in [3.05, 3.63) is 89.7 Å². The van der Waals surface area contributed by atoms with Gasteiger partial charge >= 0.3 is 18.2 Å². The summed E-state index contributed by atoms with van der Waals surface area (Å²) >= 11 is 0. The lowest BCUT2D eigenvalue weighted by Crippen LogP contribution is -2.39. The molecule has 3 rings (SSSR count). The number of rotatable bonds is 16. The lowest BCUT2D eigenvalue weighted by Gasteiger charge is -2.24. The number of unbranched alkanes of at least 4 members (excludes halogenated alkanes) is 1. The van der Waals surface area contributed by atoms with Crippen molar-refractivity contribution in [2.24, 2.45) is 0 Å². The summed E-state index contributed by atoms with van der Waals surface area (Å²) in [7, 11) is 0. The van der Waals surface area contributed by atoms with E-state index in [9.17, 15) is 32.3 Å². The van der Waals surface area contributed by atoms with Crippen LogP contribution in [0, 0.1) is 5.82 Å². The molecule has 0 aliphatic heterocycles. The van der Waals surface area contributed by atoms with Crippen LogP contribution in [0.4, 0.5) is 28.0 Å². The molecule has 0 spiro atoms. The number of urea groups is 1. The van der Waals surface area contributed by atoms with Crippen LogP contribution in [0.15, 0.2) is 72.8 Å². The zero-order chi connectivity index (χ0) is 31.2. The summed E-state index contributed by atoms with van der Waals surface area (Å²) in [5.74, 6) is -0.467. The van der Waals surface area contributed by atoms with E-state index in [0.717, 1.165) is 11.6 Å². The normalized spacial score (nSPS) is 11.9. The summed E-state index contributed by atoms with van der Waals surface area (Å²) < 4.78 is 70.0. The summed E-state index contributed by atoms with van der Waals surface area (Å²) in [6, 6.07) is 16.3. The number of carbonyl (C=O) groups excluding carboxylic acids is 1. The number of benzene rings is 3. The maximum Gasteiger partial charge on any atom is 0.418 e. The van der Waals surface area contributed by atoms with Crippen molar-refractivity contribution in [3.63, 3.8) is 0 Å². The first-order chi connectivity index (χ1) is 20.6. The Hall–Kier alpha value is -4.32. The lowest BCUT2D eigenvalue weighted by molar-refractivity contribution is -0.150. The molecule has 8 nitrogen and oxygen atoms in total. The molecule has 0 aromatic heterocycles. The number of aliphatic carboxylic acids is 1. The van der Waals surface area contributed by atoms with Crippen molar-refractivity contribution < 1.29 is 46.5 Å². The molecule has 43 heavy (non-hydrogen) atoms. The first-order valence-corrected chi connectivity index (χ1v) is 13.7. The summed E-state index contributed by atoms with van der Waals surface area (Å²) in [5.41, 5.74) is -0.574. The molecular formula is C31H34F4N2O6. The molecular weight excluding hydrogens is 572 g/mol. The Morgan fingerprint density at radius 2 is 1.51 bits per heavy atom. The maximum atomic E-state index is 13.5. The summed E-state index contributed by atoms with van der Waals surface area (Å²) in [5, 5.41) is 11.6. The van der Waals surface area contributed by atoms with Gasteiger partial charge in [-0.25, -0.2) is 14.0 Å². The second-order valence-electron chi connectivity index (χ2n) is 9.45. The van der Waals surface area contributed by atoms with Crippen molar-refractivity contribution in [1.82, 2.24) is 4.90 Å². The third kappa shape index (κ3) is 11.1. The predicted octanol–water partition coefficient (Wildman–Crippen LogP) is 6.65. The molecule has 3 aromatic carbocycles. The minimum absolute atomic E-state index is 0.0520. The van der Waals surface area contributed by atoms with E-state index in [1.54, 1.807) is 31.2 Å². The highest BCUT2D eigenvalue weighted by molar-refractivity contribution is 5.90. The fraction of sp³-hybridized carbons (Fsp3) is 0.355. The minimum atomic E-state index is -4.64. The second-order valence-corrected chi connectivity index (χ2v) is 9.45. The van der Waals surface area contributed by atoms with Gasteiger partial charge in [-0.2, -0.15) is 13.2 Å². The van der Waals surface area contributed by atoms with Gasteiger partial charge in [0.25, 0.3) is 0 Å². The zero-order valence-electron chi connectivity index (χ0n) is 23.6. The van der Waals surface area contributed by atoms with Gasteiger partial charge in [-0.15, -0.1) is 0 Å². The number of hydrogen-bond acceptors (Lipinski definition) is 5. The molecule has 0 saturated heterocycles. The molecule has 0 heterocycles. The molecule has 0 bridgehead atoms. The van der Waals surface area contributed by atoms with E-state index in [1.165, 1.54) is 47.4 Å². The van der Waals surface area contributed by atoms with Crippen LogP contribution >= 0.6 is 0 Å². The SMILES string of the molecule is CCOC(Cc1ccc(OCCN(CCCCOc2ccc(F)cc2)C(=O)Nc2ccccc2C(F)(F)F)cc1)C(=O)O. The number of nitrogens with one attached hydrogen (secondary N) is 1. The van der Waals surface area contributed by atoms with Crippen molar-refractivity contribution in [3.8, 4) is 11.5 Å². The molecule has 1 unspecified atom stereocenters. The Bertz CT molecular complexity index is 1300. The minimum Gasteiger partial charge on any atom is -0.494 e. The van der Waals surface area contributed by atoms with Crippen molar-refractivity contribution >= 4 is 17.7 Å². The van der Waals surface area contributed by atoms with E-state index in [4.69, 9.17) is 14.2 Å². The van der Waals surface area contributed by atoms with E-state index in [2.05, 4.69) is 5.32 Å². The van der Waals surface area contributed by atoms with Gasteiger partial charge in [-0.05, 0) is 73.9 Å². The first kappa shape index (κ1) is 33.2. The Morgan fingerprint density at radius 1 is 0.884 bits per heavy atom. The van der Waals surface area contributed by atoms with Crippen molar-refractivity contribution in [1.29, 1.82) is 0 Å². The van der Waals surface area contributed by atoms with Crippen molar-refractivity contribution in [2.75, 3.05) is 38.2 Å². The summed E-state index contributed by atoms with van der Waals surface area (Å²) in [4.78, 5) is 25.8. The Morgan fingerprint density at radius 3 is 2.14 bits per heavy atom. The number of nitrogens with zero attached hydrogens (tertiary/aromatic N) is 1. The Kier molecular flexibility index (Phi) is 12.6. The quantitative estimate of drug-likeness (QED) is 0.140. The number of carboxylic acids is 1. The predicted molar refractivity (Wildman–Crippen MR) is 152 cm³/mol. The van der Waals surface area contributed by atoms with Gasteiger partial charge in [-0.3, -0.25) is 0 Å². The van der Waals surface area contributed by atoms with Gasteiger partial charge in [0.1, 0.15) is 23.9 Å². The fourth-order valence-corrected chi connectivity index (χ4v) is 4.10. The molecule has 0 radical (unpaired) electrons. The van der Waals surface area contributed by atoms with Gasteiger partial charge in [-0.1, -0.05) is 24.3 Å². The van der Waals surface area contributed by atoms with Crippen LogP contribution in [-0.2, 0) is 22.1 Å². The van der Waals surface area contributed by atoms with Gasteiger partial charge in [0, 0.05) is 19.6 Å². The molecule has 0 aliphatic carbocycles. The highest BCUT2D eigenvalue weighted by Crippen LogP contribution is 2.34. The number of hydrogen-bond donors (Lipinski definition) is 2. The van der Waals surface area contributed by atoms with E-state index >= 15 is 0 Å². The van der Waals surface area contributed by atoms with Crippen LogP contribution in [0.2, 0.25) is 0 Å². The molecule has 0 fully saturated rings. The summed E-state index contributed by atoms with van der Waals surface area (Å²) in [6.45, 7) is 2.62. The number of carboxylic acid groups (broad SMARTS) is 1. The van der Waals surface area contributed by atoms with Crippen LogP contribution in [0.3, 0.4) is 0 Å². The number of amides is 2. The number of alkyl halides is 3. The average Bonchev–Trinajstić information content (AvgIpc) is 2.97. The zero-order valence-corrected chi connectivity index (χ0v) is 23.6. The van der Waals surface area contributed by atoms with Crippen LogP contribution in [0.5, 0.6) is 11.5 Å². The number of para-hydroxylation sites is 1. The van der Waals surface area contributed by atoms with Crippen LogP contribution in [-0.4, -0.2) is 61.0 Å². The van der Waals surface area contributed by atoms with Gasteiger partial charge in [0.2, 0.25) is 0 Å². The molecule has 2 N–H and O–H groups in total. The maximum absolute atomic E-state index is 13.5. The van der Waals surface area contributed by atoms with E-state index in [-0.39, 0.29) is 44.2 Å². The van der Waals surface area contributed by atoms with Gasteiger partial charge in [0.15, 0.2) is 6.10 Å². The van der Waals surface area contributed by atoms with Gasteiger partial charge in [0.05, 0.1) is 24.4 Å². The van der Waals surface area contributed by atoms with Crippen LogP contribution < -0.4 is 14.8 Å². The average molecular weight is 607 g/mol. The summed E-state index contributed by atoms with van der Waals surface area (Å²) in [6.07, 6.45) is -4.42. The number of carbonyl (C=O) groups is 2. The third-order valence-corrected chi connectivity index (χ3v) is 6.28. The highest BCUT2D eigenvalue weighted by Gasteiger charge is 2.34. The molecule has 1 atom stereocenters. The standard InChI is InChI=1S/C31H34F4N2O6/c1-2-41-28(29(38)39)21-22-9-13-24(14-10-22)43-20-18-37(17-5-6-19-42-25-15-11-23(32)12-16-25)30(40)36-27-8-4-3-7-26(27)31(33,34)35/h3-4,7-16,28H,2,5-6,17-21H2,1H3,(H,36,40)(H,38,39). The lowest BCUT2D eigenvalue weighted by atomic mass is 10.1. The number of ether oxygens (including phenoxy) is 3. The highest BCUT2D eigenvalue weighted by atomic mass is 19.4. The fourth-order valence-electron chi connectivity index (χ4n) is 4.10. The van der Waals surface area contributed by atoms with Crippen LogP contribution in [0.25, 0.3) is 0 Å². The second kappa shape index (κ2) is 16.4. The third-order valence-electron chi connectivity index (χ3n) is 6.28. The van der Waals surface area contributed by atoms with Crippen LogP contribution in [0.1, 0.15) is 30.9 Å². The molecule has 0 aliphatic rings. The Labute approximate surface area is 247 Å². The number of anilines is 1.